The third kappa shape index (κ3) is 6.62. The topological polar surface area (TPSA) is 98.8 Å². The number of sulfonamides is 1. The molecule has 1 N–H and O–H groups in total. The number of hydrogen-bond donors (Lipinski definition) is 1. The number of carbonyl (C=O) groups is 2. The molecule has 0 bridgehead atoms. The number of halogens is 1. The quantitative estimate of drug-likeness (QED) is 0.484. The number of rotatable bonds is 9. The molecule has 10 heteroatoms. The van der Waals surface area contributed by atoms with Gasteiger partial charge in [0.15, 0.2) is 6.61 Å². The number of hydrogen-bond acceptors (Lipinski definition) is 7. The Hall–Kier alpha value is -1.94. The molecule has 1 aromatic carbocycles. The number of esters is 1. The highest BCUT2D eigenvalue weighted by molar-refractivity contribution is 7.88. The first-order valence-electron chi connectivity index (χ1n) is 7.77. The number of thiophene rings is 1. The van der Waals surface area contributed by atoms with Crippen molar-refractivity contribution in [1.82, 2.24) is 4.72 Å². The van der Waals surface area contributed by atoms with Crippen LogP contribution in [0.4, 0.5) is 0 Å². The molecule has 1 aromatic heterocycles. The van der Waals surface area contributed by atoms with Gasteiger partial charge in [-0.3, -0.25) is 4.79 Å². The second kappa shape index (κ2) is 9.32. The molecular formula is C17H18ClNO6S2. The van der Waals surface area contributed by atoms with Gasteiger partial charge in [-0.05, 0) is 36.8 Å². The third-order valence-electron chi connectivity index (χ3n) is 3.39. The fourth-order valence-corrected chi connectivity index (χ4v) is 3.72. The molecule has 146 valence electrons. The van der Waals surface area contributed by atoms with Crippen LogP contribution in [-0.4, -0.2) is 46.7 Å². The van der Waals surface area contributed by atoms with Crippen molar-refractivity contribution in [3.8, 4) is 5.75 Å². The van der Waals surface area contributed by atoms with Gasteiger partial charge in [0.1, 0.15) is 11.3 Å². The Morgan fingerprint density at radius 3 is 2.63 bits per heavy atom. The van der Waals surface area contributed by atoms with E-state index in [9.17, 15) is 18.0 Å². The largest absolute Gasteiger partial charge is 0.496 e. The third-order valence-corrected chi connectivity index (χ3v) is 5.54. The predicted octanol–water partition coefficient (Wildman–Crippen LogP) is 2.54. The van der Waals surface area contributed by atoms with E-state index in [4.69, 9.17) is 21.1 Å². The Bertz CT molecular complexity index is 939. The Morgan fingerprint density at radius 1 is 1.22 bits per heavy atom. The van der Waals surface area contributed by atoms with Crippen LogP contribution in [0.2, 0.25) is 5.02 Å². The predicted molar refractivity (Wildman–Crippen MR) is 103 cm³/mol. The van der Waals surface area contributed by atoms with Crippen LogP contribution < -0.4 is 9.46 Å². The van der Waals surface area contributed by atoms with Crippen LogP contribution in [0, 0.1) is 0 Å². The average Bonchev–Trinajstić information content (AvgIpc) is 3.07. The number of ketones is 1. The summed E-state index contributed by atoms with van der Waals surface area (Å²) in [6, 6.07) is 7.89. The van der Waals surface area contributed by atoms with Crippen molar-refractivity contribution < 1.29 is 27.5 Å². The molecule has 0 aliphatic heterocycles. The Morgan fingerprint density at radius 2 is 1.96 bits per heavy atom. The summed E-state index contributed by atoms with van der Waals surface area (Å²) in [6.07, 6.45) is 1.55. The maximum absolute atomic E-state index is 12.2. The standard InChI is InChI=1S/C17H18ClNO6S2/c1-24-15-5-3-11(18)9-13(15)17(21)25-10-14(20)16-6-4-12(26-16)7-8-19-27(2,22)23/h3-6,9,19H,7-8,10H2,1-2H3. The van der Waals surface area contributed by atoms with Gasteiger partial charge in [0.2, 0.25) is 15.8 Å². The number of methoxy groups -OCH3 is 1. The van der Waals surface area contributed by atoms with E-state index in [1.54, 1.807) is 18.2 Å². The van der Waals surface area contributed by atoms with Crippen LogP contribution >= 0.6 is 22.9 Å². The van der Waals surface area contributed by atoms with Gasteiger partial charge in [-0.1, -0.05) is 11.6 Å². The van der Waals surface area contributed by atoms with E-state index in [1.165, 1.54) is 30.6 Å². The average molecular weight is 432 g/mol. The maximum atomic E-state index is 12.2. The fraction of sp³-hybridized carbons (Fsp3) is 0.294. The molecule has 0 saturated heterocycles. The Balaban J connectivity index is 1.92. The highest BCUT2D eigenvalue weighted by Gasteiger charge is 2.17. The van der Waals surface area contributed by atoms with Crippen molar-refractivity contribution in [3.63, 3.8) is 0 Å². The molecule has 0 radical (unpaired) electrons. The molecule has 7 nitrogen and oxygen atoms in total. The van der Waals surface area contributed by atoms with Gasteiger partial charge in [-0.15, -0.1) is 11.3 Å². The summed E-state index contributed by atoms with van der Waals surface area (Å²) in [5, 5.41) is 0.347. The van der Waals surface area contributed by atoms with Gasteiger partial charge in [0.25, 0.3) is 0 Å². The fourth-order valence-electron chi connectivity index (χ4n) is 2.14. The summed E-state index contributed by atoms with van der Waals surface area (Å²) in [7, 11) is -1.83. The number of benzene rings is 1. The van der Waals surface area contributed by atoms with Crippen LogP contribution in [0.3, 0.4) is 0 Å². The van der Waals surface area contributed by atoms with Crippen LogP contribution in [0.15, 0.2) is 30.3 Å². The van der Waals surface area contributed by atoms with Crippen molar-refractivity contribution in [2.45, 2.75) is 6.42 Å². The van der Waals surface area contributed by atoms with E-state index in [2.05, 4.69) is 4.72 Å². The molecule has 27 heavy (non-hydrogen) atoms. The van der Waals surface area contributed by atoms with Gasteiger partial charge in [-0.25, -0.2) is 17.9 Å². The smallest absolute Gasteiger partial charge is 0.342 e. The highest BCUT2D eigenvalue weighted by atomic mass is 35.5. The van der Waals surface area contributed by atoms with Crippen LogP contribution in [0.25, 0.3) is 0 Å². The van der Waals surface area contributed by atoms with Crippen LogP contribution in [0.5, 0.6) is 5.75 Å². The molecule has 0 aliphatic rings. The monoisotopic (exact) mass is 431 g/mol. The molecule has 0 amide bonds. The Kier molecular flexibility index (Phi) is 7.37. The highest BCUT2D eigenvalue weighted by Crippen LogP contribution is 2.24. The van der Waals surface area contributed by atoms with Gasteiger partial charge < -0.3 is 9.47 Å². The molecule has 0 fully saturated rings. The number of Topliss-reactive ketones (excluding diaryl/α,β-unsaturated/α-hetero) is 1. The summed E-state index contributed by atoms with van der Waals surface area (Å²) in [6.45, 7) is -0.174. The van der Waals surface area contributed by atoms with E-state index in [0.717, 1.165) is 11.1 Å². The molecule has 2 aromatic rings. The summed E-state index contributed by atoms with van der Waals surface area (Å²) >= 11 is 7.11. The van der Waals surface area contributed by atoms with Crippen LogP contribution in [0.1, 0.15) is 24.9 Å². The molecule has 0 unspecified atom stereocenters. The second-order valence-corrected chi connectivity index (χ2v) is 8.96. The van der Waals surface area contributed by atoms with Crippen molar-refractivity contribution >= 4 is 44.7 Å². The zero-order chi connectivity index (χ0) is 20.0. The Labute approximate surface area is 166 Å². The van der Waals surface area contributed by atoms with E-state index in [1.807, 2.05) is 0 Å². The zero-order valence-electron chi connectivity index (χ0n) is 14.7. The lowest BCUT2D eigenvalue weighted by molar-refractivity contribution is 0.0472. The molecule has 0 spiro atoms. The minimum absolute atomic E-state index is 0.136. The first-order chi connectivity index (χ1) is 12.7. The summed E-state index contributed by atoms with van der Waals surface area (Å²) < 4.78 is 34.6. The lowest BCUT2D eigenvalue weighted by atomic mass is 10.2. The first-order valence-corrected chi connectivity index (χ1v) is 10.9. The first kappa shape index (κ1) is 21.4. The summed E-state index contributed by atoms with van der Waals surface area (Å²) in [5.74, 6) is -0.762. The van der Waals surface area contributed by atoms with Gasteiger partial charge in [-0.2, -0.15) is 0 Å². The van der Waals surface area contributed by atoms with Crippen LogP contribution in [-0.2, 0) is 21.2 Å². The minimum Gasteiger partial charge on any atom is -0.496 e. The van der Waals surface area contributed by atoms with Crippen molar-refractivity contribution in [3.05, 3.63) is 50.7 Å². The summed E-state index contributed by atoms with van der Waals surface area (Å²) in [5.41, 5.74) is 0.136. The molecule has 2 rings (SSSR count). The number of ether oxygens (including phenoxy) is 2. The van der Waals surface area contributed by atoms with Crippen molar-refractivity contribution in [2.75, 3.05) is 26.5 Å². The van der Waals surface area contributed by atoms with E-state index in [-0.39, 0.29) is 17.9 Å². The SMILES string of the molecule is COc1ccc(Cl)cc1C(=O)OCC(=O)c1ccc(CCNS(C)(=O)=O)s1. The lowest BCUT2D eigenvalue weighted by Gasteiger charge is -2.08. The number of carbonyl (C=O) groups excluding carboxylic acids is 2. The zero-order valence-corrected chi connectivity index (χ0v) is 17.0. The van der Waals surface area contributed by atoms with Crippen molar-refractivity contribution in [1.29, 1.82) is 0 Å². The maximum Gasteiger partial charge on any atom is 0.342 e. The molecule has 0 aliphatic carbocycles. The minimum atomic E-state index is -3.25. The normalized spacial score (nSPS) is 11.2. The van der Waals surface area contributed by atoms with Crippen molar-refractivity contribution in [2.24, 2.45) is 0 Å². The molecule has 0 atom stereocenters. The second-order valence-electron chi connectivity index (χ2n) is 5.53. The van der Waals surface area contributed by atoms with Gasteiger partial charge in [0.05, 0.1) is 18.2 Å². The molecule has 0 saturated carbocycles. The van der Waals surface area contributed by atoms with E-state index in [0.29, 0.717) is 22.1 Å². The number of nitrogens with one attached hydrogen (secondary N) is 1. The van der Waals surface area contributed by atoms with Gasteiger partial charge in [0, 0.05) is 16.4 Å². The van der Waals surface area contributed by atoms with E-state index >= 15 is 0 Å². The lowest BCUT2D eigenvalue weighted by Crippen LogP contribution is -2.24. The van der Waals surface area contributed by atoms with Gasteiger partial charge >= 0.3 is 5.97 Å². The molecular weight excluding hydrogens is 414 g/mol. The molecule has 1 heterocycles. The van der Waals surface area contributed by atoms with E-state index < -0.39 is 22.6 Å². The summed E-state index contributed by atoms with van der Waals surface area (Å²) in [4.78, 5) is 25.7.